The number of aromatic amines is 1. The molecule has 1 aliphatic rings. The Morgan fingerprint density at radius 3 is 2.52 bits per heavy atom. The van der Waals surface area contributed by atoms with E-state index >= 15 is 0 Å². The van der Waals surface area contributed by atoms with E-state index in [1.807, 2.05) is 42.5 Å². The van der Waals surface area contributed by atoms with Crippen molar-refractivity contribution in [1.29, 1.82) is 0 Å². The van der Waals surface area contributed by atoms with Crippen LogP contribution in [-0.4, -0.2) is 21.2 Å². The summed E-state index contributed by atoms with van der Waals surface area (Å²) in [4.78, 5) is 16.9. The summed E-state index contributed by atoms with van der Waals surface area (Å²) in [6.45, 7) is 0. The first-order valence-electron chi connectivity index (χ1n) is 9.42. The van der Waals surface area contributed by atoms with E-state index in [1.165, 1.54) is 32.1 Å². The van der Waals surface area contributed by atoms with Crippen LogP contribution in [0.1, 0.15) is 43.7 Å². The molecule has 1 aliphatic carbocycles. The van der Waals surface area contributed by atoms with Crippen LogP contribution in [0.15, 0.2) is 54.9 Å². The van der Waals surface area contributed by atoms with Gasteiger partial charge in [-0.25, -0.2) is 4.79 Å². The number of anilines is 2. The number of nitrogens with one attached hydrogen (secondary N) is 3. The minimum Gasteiger partial charge on any atom is -0.306 e. The molecule has 0 saturated heterocycles. The Bertz CT molecular complexity index is 882. The molecule has 2 heterocycles. The zero-order chi connectivity index (χ0) is 18.5. The standard InChI is InChI=1S/C21H23N5O/c27-21(25-19-14-23-26-20(19)16-9-5-2-6-10-16)24-17-11-12-18(22-13-17)15-7-3-1-4-8-15/h2,5-6,9-15H,1,3-4,7-8H2,(H,23,26)(H2,24,25,27). The Morgan fingerprint density at radius 2 is 1.78 bits per heavy atom. The van der Waals surface area contributed by atoms with Crippen molar-refractivity contribution in [2.24, 2.45) is 0 Å². The van der Waals surface area contributed by atoms with Crippen molar-refractivity contribution >= 4 is 17.4 Å². The van der Waals surface area contributed by atoms with Crippen LogP contribution in [0.2, 0.25) is 0 Å². The minimum absolute atomic E-state index is 0.319. The van der Waals surface area contributed by atoms with Gasteiger partial charge in [0.05, 0.1) is 29.5 Å². The number of H-pyrrole nitrogens is 1. The van der Waals surface area contributed by atoms with E-state index in [4.69, 9.17) is 0 Å². The predicted octanol–water partition coefficient (Wildman–Crippen LogP) is 5.16. The van der Waals surface area contributed by atoms with Gasteiger partial charge in [0.1, 0.15) is 0 Å². The average molecular weight is 361 g/mol. The van der Waals surface area contributed by atoms with Gasteiger partial charge in [-0.2, -0.15) is 5.10 Å². The summed E-state index contributed by atoms with van der Waals surface area (Å²) >= 11 is 0. The maximum absolute atomic E-state index is 12.4. The summed E-state index contributed by atoms with van der Waals surface area (Å²) in [6.07, 6.45) is 9.65. The Balaban J connectivity index is 1.39. The molecular weight excluding hydrogens is 338 g/mol. The lowest BCUT2D eigenvalue weighted by molar-refractivity contribution is 0.262. The molecule has 3 aromatic rings. The van der Waals surface area contributed by atoms with E-state index < -0.39 is 0 Å². The molecule has 6 heteroatoms. The van der Waals surface area contributed by atoms with Crippen LogP contribution in [0, 0.1) is 0 Å². The number of amides is 2. The predicted molar refractivity (Wildman–Crippen MR) is 107 cm³/mol. The number of hydrogen-bond donors (Lipinski definition) is 3. The van der Waals surface area contributed by atoms with E-state index in [1.54, 1.807) is 12.4 Å². The molecule has 1 saturated carbocycles. The van der Waals surface area contributed by atoms with Gasteiger partial charge < -0.3 is 10.6 Å². The topological polar surface area (TPSA) is 82.7 Å². The normalized spacial score (nSPS) is 14.7. The molecular formula is C21H23N5O. The highest BCUT2D eigenvalue weighted by molar-refractivity contribution is 6.01. The lowest BCUT2D eigenvalue weighted by Crippen LogP contribution is -2.19. The number of carbonyl (C=O) groups excluding carboxylic acids is 1. The van der Waals surface area contributed by atoms with Gasteiger partial charge in [0.15, 0.2) is 0 Å². The minimum atomic E-state index is -0.319. The highest BCUT2D eigenvalue weighted by Crippen LogP contribution is 2.31. The van der Waals surface area contributed by atoms with Crippen LogP contribution < -0.4 is 10.6 Å². The van der Waals surface area contributed by atoms with Gasteiger partial charge in [0.2, 0.25) is 0 Å². The summed E-state index contributed by atoms with van der Waals surface area (Å²) in [6, 6.07) is 13.4. The number of carbonyl (C=O) groups is 1. The molecule has 0 radical (unpaired) electrons. The van der Waals surface area contributed by atoms with E-state index in [-0.39, 0.29) is 6.03 Å². The lowest BCUT2D eigenvalue weighted by Gasteiger charge is -2.21. The third-order valence-electron chi connectivity index (χ3n) is 5.02. The van der Waals surface area contributed by atoms with Crippen LogP contribution in [0.5, 0.6) is 0 Å². The monoisotopic (exact) mass is 361 g/mol. The molecule has 0 unspecified atom stereocenters. The van der Waals surface area contributed by atoms with Crippen molar-refractivity contribution in [3.63, 3.8) is 0 Å². The Hall–Kier alpha value is -3.15. The second-order valence-electron chi connectivity index (χ2n) is 6.91. The first-order valence-corrected chi connectivity index (χ1v) is 9.42. The van der Waals surface area contributed by atoms with Crippen molar-refractivity contribution in [1.82, 2.24) is 15.2 Å². The highest BCUT2D eigenvalue weighted by Gasteiger charge is 2.17. The summed E-state index contributed by atoms with van der Waals surface area (Å²) in [7, 11) is 0. The van der Waals surface area contributed by atoms with Gasteiger partial charge in [-0.1, -0.05) is 49.6 Å². The molecule has 1 aromatic carbocycles. The molecule has 4 rings (SSSR count). The van der Waals surface area contributed by atoms with Crippen LogP contribution in [0.3, 0.4) is 0 Å². The molecule has 2 aromatic heterocycles. The van der Waals surface area contributed by atoms with Crippen molar-refractivity contribution < 1.29 is 4.79 Å². The molecule has 0 aliphatic heterocycles. The molecule has 3 N–H and O–H groups in total. The summed E-state index contributed by atoms with van der Waals surface area (Å²) in [5, 5.41) is 12.7. The van der Waals surface area contributed by atoms with Crippen molar-refractivity contribution in [2.45, 2.75) is 38.0 Å². The highest BCUT2D eigenvalue weighted by atomic mass is 16.2. The summed E-state index contributed by atoms with van der Waals surface area (Å²) < 4.78 is 0. The largest absolute Gasteiger partial charge is 0.323 e. The van der Waals surface area contributed by atoms with Crippen LogP contribution in [0.4, 0.5) is 16.2 Å². The molecule has 0 bridgehead atoms. The van der Waals surface area contributed by atoms with Gasteiger partial charge in [0.25, 0.3) is 0 Å². The van der Waals surface area contributed by atoms with Crippen LogP contribution in [-0.2, 0) is 0 Å². The Kier molecular flexibility index (Phi) is 5.14. The number of hydrogen-bond acceptors (Lipinski definition) is 3. The van der Waals surface area contributed by atoms with Crippen molar-refractivity contribution in [3.8, 4) is 11.3 Å². The smallest absolute Gasteiger partial charge is 0.306 e. The average Bonchev–Trinajstić information content (AvgIpc) is 3.18. The third-order valence-corrected chi connectivity index (χ3v) is 5.02. The maximum Gasteiger partial charge on any atom is 0.323 e. The van der Waals surface area contributed by atoms with Gasteiger partial charge in [0, 0.05) is 17.2 Å². The van der Waals surface area contributed by atoms with E-state index in [2.05, 4.69) is 25.8 Å². The van der Waals surface area contributed by atoms with E-state index in [0.717, 1.165) is 17.0 Å². The van der Waals surface area contributed by atoms with Gasteiger partial charge in [-0.3, -0.25) is 10.1 Å². The number of urea groups is 1. The number of benzene rings is 1. The first kappa shape index (κ1) is 17.3. The lowest BCUT2D eigenvalue weighted by atomic mass is 9.87. The summed E-state index contributed by atoms with van der Waals surface area (Å²) in [5.74, 6) is 0.556. The molecule has 2 amide bonds. The SMILES string of the molecule is O=C(Nc1ccc(C2CCCCC2)nc1)Nc1cn[nH]c1-c1ccccc1. The van der Waals surface area contributed by atoms with Gasteiger partial charge >= 0.3 is 6.03 Å². The fourth-order valence-corrected chi connectivity index (χ4v) is 3.61. The van der Waals surface area contributed by atoms with Crippen LogP contribution >= 0.6 is 0 Å². The fourth-order valence-electron chi connectivity index (χ4n) is 3.61. The fraction of sp³-hybridized carbons (Fsp3) is 0.286. The first-order chi connectivity index (χ1) is 13.3. The Morgan fingerprint density at radius 1 is 0.963 bits per heavy atom. The zero-order valence-corrected chi connectivity index (χ0v) is 15.1. The van der Waals surface area contributed by atoms with Crippen LogP contribution in [0.25, 0.3) is 11.3 Å². The van der Waals surface area contributed by atoms with Crippen molar-refractivity contribution in [3.05, 3.63) is 60.6 Å². The van der Waals surface area contributed by atoms with Gasteiger partial charge in [-0.05, 0) is 25.0 Å². The zero-order valence-electron chi connectivity index (χ0n) is 15.1. The number of aromatic nitrogens is 3. The van der Waals surface area contributed by atoms with E-state index in [0.29, 0.717) is 17.3 Å². The van der Waals surface area contributed by atoms with E-state index in [9.17, 15) is 4.79 Å². The summed E-state index contributed by atoms with van der Waals surface area (Å²) in [5.41, 5.74) is 4.17. The molecule has 1 fully saturated rings. The number of rotatable bonds is 4. The van der Waals surface area contributed by atoms with Gasteiger partial charge in [-0.15, -0.1) is 0 Å². The molecule has 6 nitrogen and oxygen atoms in total. The molecule has 0 spiro atoms. The molecule has 138 valence electrons. The third kappa shape index (κ3) is 4.16. The number of nitrogens with zero attached hydrogens (tertiary/aromatic N) is 2. The second kappa shape index (κ2) is 8.03. The number of pyridine rings is 1. The second-order valence-corrected chi connectivity index (χ2v) is 6.91. The maximum atomic E-state index is 12.4. The van der Waals surface area contributed by atoms with Crippen molar-refractivity contribution in [2.75, 3.05) is 10.6 Å². The molecule has 0 atom stereocenters. The molecule has 27 heavy (non-hydrogen) atoms. The quantitative estimate of drug-likeness (QED) is 0.600. The Labute approximate surface area is 158 Å².